The van der Waals surface area contributed by atoms with Gasteiger partial charge in [0.05, 0.1) is 0 Å². The molecule has 0 aliphatic rings. The quantitative estimate of drug-likeness (QED) is 0.142. The van der Waals surface area contributed by atoms with E-state index >= 15 is 0 Å². The van der Waals surface area contributed by atoms with Gasteiger partial charge in [-0.1, -0.05) is 376 Å². The second-order valence-electron chi connectivity index (χ2n) is 38.3. The molecule has 0 radical (unpaired) electrons. The van der Waals surface area contributed by atoms with E-state index in [0.717, 1.165) is 0 Å². The molecule has 0 nitrogen and oxygen atoms in total. The summed E-state index contributed by atoms with van der Waals surface area (Å²) in [4.78, 5) is 0. The maximum atomic E-state index is 2.37. The van der Waals surface area contributed by atoms with E-state index in [1.54, 1.807) is 0 Å². The smallest absolute Gasteiger partial charge is 0.0129 e. The molecule has 88 heavy (non-hydrogen) atoms. The van der Waals surface area contributed by atoms with E-state index in [-0.39, 0.29) is 65.0 Å². The third-order valence-electron chi connectivity index (χ3n) is 16.7. The molecule has 0 aliphatic carbocycles. The molecule has 0 saturated heterocycles. The van der Waals surface area contributed by atoms with Gasteiger partial charge in [-0.25, -0.2) is 0 Å². The first kappa shape index (κ1) is 81.3. The fourth-order valence-corrected chi connectivity index (χ4v) is 10.3. The van der Waals surface area contributed by atoms with E-state index in [9.17, 15) is 0 Å². The van der Waals surface area contributed by atoms with Gasteiger partial charge in [-0.2, -0.15) is 0 Å². The van der Waals surface area contributed by atoms with Crippen LogP contribution in [0.5, 0.6) is 0 Å². The van der Waals surface area contributed by atoms with Crippen molar-refractivity contribution in [1.82, 2.24) is 0 Å². The van der Waals surface area contributed by atoms with Crippen LogP contribution in [-0.4, -0.2) is 0 Å². The van der Waals surface area contributed by atoms with Crippen LogP contribution in [0.25, 0.3) is 0 Å². The summed E-state index contributed by atoms with van der Waals surface area (Å²) < 4.78 is 0. The molecule has 0 heteroatoms. The van der Waals surface area contributed by atoms with Gasteiger partial charge >= 0.3 is 0 Å². The first-order chi connectivity index (χ1) is 38.9. The van der Waals surface area contributed by atoms with Crippen molar-refractivity contribution in [2.75, 3.05) is 0 Å². The molecule has 492 valence electrons. The summed E-state index contributed by atoms with van der Waals surface area (Å²) in [6.45, 7) is 90.4. The number of hydrogen-bond acceptors (Lipinski definition) is 0. The Morgan fingerprint density at radius 1 is 0.159 bits per heavy atom. The predicted molar refractivity (Wildman–Crippen MR) is 402 cm³/mol. The van der Waals surface area contributed by atoms with Crippen molar-refractivity contribution in [3.05, 3.63) is 210 Å². The Morgan fingerprint density at radius 3 is 0.614 bits per heavy atom. The molecule has 0 heterocycles. The normalized spacial score (nSPS) is 13.0. The van der Waals surface area contributed by atoms with Gasteiger partial charge in [-0.15, -0.1) is 0 Å². The van der Waals surface area contributed by atoms with E-state index in [1.165, 1.54) is 89.0 Å². The average molecular weight is 1200 g/mol. The lowest BCUT2D eigenvalue weighted by Gasteiger charge is -2.26. The molecule has 6 rings (SSSR count). The van der Waals surface area contributed by atoms with Crippen LogP contribution < -0.4 is 0 Å². The van der Waals surface area contributed by atoms with Crippen molar-refractivity contribution in [2.45, 2.75) is 342 Å². The van der Waals surface area contributed by atoms with Crippen LogP contribution in [0.4, 0.5) is 0 Å². The van der Waals surface area contributed by atoms with Crippen molar-refractivity contribution in [3.63, 3.8) is 0 Å². The van der Waals surface area contributed by atoms with Crippen LogP contribution in [0.3, 0.4) is 0 Å². The van der Waals surface area contributed by atoms with Crippen LogP contribution in [0.1, 0.15) is 338 Å². The average Bonchev–Trinajstić information content (AvgIpc) is 1.73. The van der Waals surface area contributed by atoms with Crippen LogP contribution >= 0.6 is 0 Å². The van der Waals surface area contributed by atoms with Gasteiger partial charge in [0.15, 0.2) is 0 Å². The van der Waals surface area contributed by atoms with Gasteiger partial charge in [-0.3, -0.25) is 0 Å². The predicted octanol–water partition coefficient (Wildman–Crippen LogP) is 26.9. The Bertz CT molecular complexity index is 2920. The van der Waals surface area contributed by atoms with Crippen LogP contribution in [0.15, 0.2) is 121 Å². The molecular formula is C88H140. The fourth-order valence-electron chi connectivity index (χ4n) is 10.3. The van der Waals surface area contributed by atoms with Crippen molar-refractivity contribution in [1.29, 1.82) is 0 Å². The zero-order chi connectivity index (χ0) is 69.4. The molecule has 6 aromatic rings. The minimum atomic E-state index is 0.241. The van der Waals surface area contributed by atoms with Gasteiger partial charge in [0.2, 0.25) is 0 Å². The first-order valence-electron chi connectivity index (χ1n) is 33.6. The van der Waals surface area contributed by atoms with Gasteiger partial charge in [-0.05, 0) is 176 Å². The number of hydrogen-bond donors (Lipinski definition) is 0. The van der Waals surface area contributed by atoms with Crippen molar-refractivity contribution < 1.29 is 0 Å². The molecule has 0 unspecified atom stereocenters. The van der Waals surface area contributed by atoms with E-state index < -0.39 is 0 Å². The van der Waals surface area contributed by atoms with Gasteiger partial charge in [0.1, 0.15) is 0 Å². The fraction of sp³-hybridized carbons (Fsp3) is 0.591. The topological polar surface area (TPSA) is 0 Å². The number of benzene rings is 6. The minimum absolute atomic E-state index is 0.241. The lowest BCUT2D eigenvalue weighted by Crippen LogP contribution is -2.17. The molecule has 0 saturated carbocycles. The monoisotopic (exact) mass is 1200 g/mol. The highest BCUT2D eigenvalue weighted by Crippen LogP contribution is 2.36. The van der Waals surface area contributed by atoms with E-state index in [4.69, 9.17) is 0 Å². The van der Waals surface area contributed by atoms with Crippen LogP contribution in [0, 0.1) is 27.7 Å². The number of aryl methyl sites for hydroxylation is 4. The van der Waals surface area contributed by atoms with Gasteiger partial charge < -0.3 is 0 Å². The van der Waals surface area contributed by atoms with Crippen molar-refractivity contribution in [2.24, 2.45) is 0 Å². The van der Waals surface area contributed by atoms with E-state index in [1.807, 2.05) is 0 Å². The molecule has 0 atom stereocenters. The summed E-state index contributed by atoms with van der Waals surface area (Å²) in [6, 6.07) is 45.5. The second kappa shape index (κ2) is 29.7. The molecule has 0 aromatic heterocycles. The highest BCUT2D eigenvalue weighted by molar-refractivity contribution is 5.42. The van der Waals surface area contributed by atoms with Crippen LogP contribution in [0.2, 0.25) is 0 Å². The Kier molecular flexibility index (Phi) is 27.5. The molecular weight excluding hydrogens is 1060 g/mol. The summed E-state index contributed by atoms with van der Waals surface area (Å²) in [6.07, 6.45) is 0. The molecule has 0 spiro atoms. The highest BCUT2D eigenvalue weighted by atomic mass is 14.3. The lowest BCUT2D eigenvalue weighted by atomic mass is 9.79. The molecule has 0 bridgehead atoms. The standard InChI is InChI=1S/4C15H24.2C14H22/c1-11-8-12(14(2,3)4)10-13(9-11)15(5,6)7;1-11-10-12(14(2,3)4)8-9-13(11)15(5,6)7;2*1-11-8-9-12(14(2,3)4)10-13(11)15(5,6)7;1-13(2,3)11-7-9-12(10-8-11)14(4,5)6;1-13(2,3)11-8-7-9-12(10-11)14(4,5)6/h4*8-10H,1-7H3;2*7-10H,1-6H3. The lowest BCUT2D eigenvalue weighted by molar-refractivity contribution is 0.565. The van der Waals surface area contributed by atoms with E-state index in [0.29, 0.717) is 0 Å². The second-order valence-corrected chi connectivity index (χ2v) is 38.3. The van der Waals surface area contributed by atoms with E-state index in [2.05, 4.69) is 398 Å². The summed E-state index contributed by atoms with van der Waals surface area (Å²) >= 11 is 0. The van der Waals surface area contributed by atoms with Gasteiger partial charge in [0, 0.05) is 0 Å². The molecule has 6 aromatic carbocycles. The SMILES string of the molecule is CC(C)(C)c1ccc(C(C)(C)C)cc1.CC(C)(C)c1cccc(C(C)(C)C)c1.Cc1cc(C(C)(C)C)cc(C(C)(C)C)c1.Cc1cc(C(C)(C)C)ccc1C(C)(C)C.Cc1ccc(C(C)(C)C)cc1C(C)(C)C.Cc1ccc(C(C)(C)C)cc1C(C)(C)C. The zero-order valence-corrected chi connectivity index (χ0v) is 65.5. The number of rotatable bonds is 0. The Balaban J connectivity index is 0.000000528. The summed E-state index contributed by atoms with van der Waals surface area (Å²) in [5.74, 6) is 0. The molecule has 0 fully saturated rings. The first-order valence-corrected chi connectivity index (χ1v) is 33.6. The third kappa shape index (κ3) is 27.4. The third-order valence-corrected chi connectivity index (χ3v) is 16.7. The van der Waals surface area contributed by atoms with Gasteiger partial charge in [0.25, 0.3) is 0 Å². The summed E-state index contributed by atoms with van der Waals surface area (Å²) in [5, 5.41) is 0. The Morgan fingerprint density at radius 2 is 0.375 bits per heavy atom. The summed E-state index contributed by atoms with van der Waals surface area (Å²) in [5.41, 5.74) is 25.8. The van der Waals surface area contributed by atoms with Crippen molar-refractivity contribution >= 4 is 0 Å². The molecule has 0 N–H and O–H groups in total. The van der Waals surface area contributed by atoms with Crippen molar-refractivity contribution in [3.8, 4) is 0 Å². The highest BCUT2D eigenvalue weighted by Gasteiger charge is 2.25. The summed E-state index contributed by atoms with van der Waals surface area (Å²) in [7, 11) is 0. The maximum absolute atomic E-state index is 2.37. The Labute approximate surface area is 549 Å². The van der Waals surface area contributed by atoms with Crippen LogP contribution in [-0.2, 0) is 65.0 Å². The maximum Gasteiger partial charge on any atom is -0.0129 e. The molecule has 0 amide bonds. The molecule has 0 aliphatic heterocycles. The largest absolute Gasteiger partial charge is 0.0617 e. The zero-order valence-electron chi connectivity index (χ0n) is 65.5. The minimum Gasteiger partial charge on any atom is -0.0617 e. The Hall–Kier alpha value is -4.68.